The highest BCUT2D eigenvalue weighted by Crippen LogP contribution is 2.09. The van der Waals surface area contributed by atoms with E-state index in [9.17, 15) is 4.79 Å². The Morgan fingerprint density at radius 3 is 1.64 bits per heavy atom. The van der Waals surface area contributed by atoms with Crippen molar-refractivity contribution >= 4 is 14.8 Å². The van der Waals surface area contributed by atoms with Gasteiger partial charge in [-0.05, 0) is 12.1 Å². The quantitative estimate of drug-likeness (QED) is 0.404. The SMILES string of the molecule is C=C[Si](OC)(OC)OC.CCCCCCCCCCC(=O)O. The van der Waals surface area contributed by atoms with Gasteiger partial charge < -0.3 is 18.4 Å². The van der Waals surface area contributed by atoms with E-state index in [2.05, 4.69) is 13.5 Å². The Labute approximate surface area is 137 Å². The van der Waals surface area contributed by atoms with Crippen LogP contribution in [0.15, 0.2) is 12.3 Å². The molecular formula is C16H34O5Si. The van der Waals surface area contributed by atoms with Gasteiger partial charge in [-0.1, -0.05) is 58.4 Å². The molecule has 132 valence electrons. The van der Waals surface area contributed by atoms with Crippen LogP contribution >= 0.6 is 0 Å². The van der Waals surface area contributed by atoms with E-state index in [4.69, 9.17) is 18.4 Å². The molecule has 0 fully saturated rings. The maximum Gasteiger partial charge on any atom is 0.528 e. The molecule has 0 atom stereocenters. The first kappa shape index (κ1) is 23.6. The van der Waals surface area contributed by atoms with Crippen molar-refractivity contribution in [2.75, 3.05) is 21.3 Å². The molecule has 6 heteroatoms. The largest absolute Gasteiger partial charge is 0.528 e. The fourth-order valence-corrected chi connectivity index (χ4v) is 2.91. The second kappa shape index (κ2) is 16.7. The van der Waals surface area contributed by atoms with Crippen molar-refractivity contribution < 1.29 is 23.2 Å². The van der Waals surface area contributed by atoms with Crippen LogP contribution in [0.5, 0.6) is 0 Å². The molecule has 0 aliphatic rings. The number of hydrogen-bond acceptors (Lipinski definition) is 4. The molecule has 0 aromatic rings. The van der Waals surface area contributed by atoms with Crippen molar-refractivity contribution in [1.82, 2.24) is 0 Å². The summed E-state index contributed by atoms with van der Waals surface area (Å²) < 4.78 is 14.9. The fourth-order valence-electron chi connectivity index (χ4n) is 1.91. The van der Waals surface area contributed by atoms with Crippen molar-refractivity contribution in [1.29, 1.82) is 0 Å². The molecule has 0 amide bonds. The number of carboxylic acids is 1. The summed E-state index contributed by atoms with van der Waals surface area (Å²) in [5.74, 6) is -0.661. The first-order valence-corrected chi connectivity index (χ1v) is 9.82. The minimum atomic E-state index is -2.43. The van der Waals surface area contributed by atoms with Gasteiger partial charge in [0.1, 0.15) is 0 Å². The number of hydrogen-bond donors (Lipinski definition) is 1. The van der Waals surface area contributed by atoms with Gasteiger partial charge in [0.05, 0.1) is 0 Å². The fraction of sp³-hybridized carbons (Fsp3) is 0.812. The van der Waals surface area contributed by atoms with Crippen molar-refractivity contribution in [3.05, 3.63) is 12.3 Å². The lowest BCUT2D eigenvalue weighted by molar-refractivity contribution is -0.137. The average Bonchev–Trinajstić information content (AvgIpc) is 2.53. The zero-order chi connectivity index (χ0) is 17.3. The van der Waals surface area contributed by atoms with E-state index in [1.165, 1.54) is 38.5 Å². The Hall–Kier alpha value is -0.693. The van der Waals surface area contributed by atoms with Crippen LogP contribution in [0.2, 0.25) is 0 Å². The zero-order valence-electron chi connectivity index (χ0n) is 14.7. The third-order valence-electron chi connectivity index (χ3n) is 3.35. The van der Waals surface area contributed by atoms with Gasteiger partial charge in [-0.25, -0.2) is 0 Å². The van der Waals surface area contributed by atoms with Crippen LogP contribution in [0.4, 0.5) is 0 Å². The van der Waals surface area contributed by atoms with Gasteiger partial charge in [0, 0.05) is 27.8 Å². The van der Waals surface area contributed by atoms with Gasteiger partial charge in [0.25, 0.3) is 0 Å². The summed E-state index contributed by atoms with van der Waals surface area (Å²) in [6.45, 7) is 5.75. The lowest BCUT2D eigenvalue weighted by atomic mass is 10.1. The molecule has 0 heterocycles. The second-order valence-electron chi connectivity index (χ2n) is 5.04. The maximum absolute atomic E-state index is 10.2. The van der Waals surface area contributed by atoms with Crippen LogP contribution in [0.25, 0.3) is 0 Å². The van der Waals surface area contributed by atoms with Crippen LogP contribution < -0.4 is 0 Å². The predicted octanol–water partition coefficient (Wildman–Crippen LogP) is 4.19. The lowest BCUT2D eigenvalue weighted by Crippen LogP contribution is -2.40. The van der Waals surface area contributed by atoms with E-state index in [0.29, 0.717) is 6.42 Å². The smallest absolute Gasteiger partial charge is 0.481 e. The standard InChI is InChI=1S/C11H22O2.C5H12O3Si/c1-2-3-4-5-6-7-8-9-10-11(12)13;1-5-9(6-2,7-3)8-4/h2-10H2,1H3,(H,12,13);5H,1H2,2-4H3. The first-order valence-electron chi connectivity index (χ1n) is 8.02. The Balaban J connectivity index is 0. The Kier molecular flexibility index (Phi) is 17.9. The van der Waals surface area contributed by atoms with Gasteiger partial charge >= 0.3 is 14.8 Å². The Morgan fingerprint density at radius 1 is 0.955 bits per heavy atom. The third-order valence-corrected chi connectivity index (χ3v) is 5.55. The minimum absolute atomic E-state index is 0.342. The number of carboxylic acid groups (broad SMARTS) is 1. The van der Waals surface area contributed by atoms with E-state index in [1.807, 2.05) is 0 Å². The molecule has 0 aliphatic carbocycles. The van der Waals surface area contributed by atoms with Gasteiger partial charge in [0.2, 0.25) is 0 Å². The molecule has 0 bridgehead atoms. The minimum Gasteiger partial charge on any atom is -0.481 e. The summed E-state index contributed by atoms with van der Waals surface area (Å²) in [5.41, 5.74) is 1.58. The van der Waals surface area contributed by atoms with Crippen molar-refractivity contribution in [2.24, 2.45) is 0 Å². The van der Waals surface area contributed by atoms with Gasteiger partial charge in [-0.15, -0.1) is 0 Å². The molecule has 0 radical (unpaired) electrons. The van der Waals surface area contributed by atoms with Crippen LogP contribution in [0.3, 0.4) is 0 Å². The van der Waals surface area contributed by atoms with Crippen molar-refractivity contribution in [2.45, 2.75) is 64.7 Å². The number of carbonyl (C=O) groups is 1. The van der Waals surface area contributed by atoms with E-state index >= 15 is 0 Å². The Morgan fingerprint density at radius 2 is 1.36 bits per heavy atom. The molecule has 0 aromatic carbocycles. The molecule has 1 N–H and O–H groups in total. The zero-order valence-corrected chi connectivity index (χ0v) is 15.7. The van der Waals surface area contributed by atoms with Gasteiger partial charge in [-0.2, -0.15) is 0 Å². The van der Waals surface area contributed by atoms with E-state index in [-0.39, 0.29) is 0 Å². The number of unbranched alkanes of at least 4 members (excludes halogenated alkanes) is 7. The topological polar surface area (TPSA) is 65.0 Å². The van der Waals surface area contributed by atoms with Crippen LogP contribution in [0, 0.1) is 0 Å². The summed E-state index contributed by atoms with van der Waals surface area (Å²) in [6.07, 6.45) is 10.1. The highest BCUT2D eigenvalue weighted by atomic mass is 28.4. The molecule has 22 heavy (non-hydrogen) atoms. The predicted molar refractivity (Wildman–Crippen MR) is 91.8 cm³/mol. The molecule has 5 nitrogen and oxygen atoms in total. The van der Waals surface area contributed by atoms with E-state index in [0.717, 1.165) is 12.8 Å². The van der Waals surface area contributed by atoms with Gasteiger partial charge in [0.15, 0.2) is 0 Å². The summed E-state index contributed by atoms with van der Waals surface area (Å²) in [7, 11) is 2.20. The summed E-state index contributed by atoms with van der Waals surface area (Å²) >= 11 is 0. The van der Waals surface area contributed by atoms with Gasteiger partial charge in [-0.3, -0.25) is 4.79 Å². The first-order chi connectivity index (χ1) is 10.5. The van der Waals surface area contributed by atoms with Crippen LogP contribution in [0.1, 0.15) is 64.7 Å². The van der Waals surface area contributed by atoms with Crippen molar-refractivity contribution in [3.8, 4) is 0 Å². The molecule has 0 rings (SSSR count). The maximum atomic E-state index is 10.2. The highest BCUT2D eigenvalue weighted by molar-refractivity contribution is 6.66. The highest BCUT2D eigenvalue weighted by Gasteiger charge is 2.33. The molecule has 0 aromatic heterocycles. The van der Waals surface area contributed by atoms with E-state index in [1.54, 1.807) is 27.0 Å². The summed E-state index contributed by atoms with van der Waals surface area (Å²) in [5, 5.41) is 8.39. The normalized spacial score (nSPS) is 10.7. The number of rotatable bonds is 13. The van der Waals surface area contributed by atoms with E-state index < -0.39 is 14.8 Å². The lowest BCUT2D eigenvalue weighted by Gasteiger charge is -2.19. The summed E-state index contributed by atoms with van der Waals surface area (Å²) in [6, 6.07) is 0. The monoisotopic (exact) mass is 334 g/mol. The molecule has 0 saturated carbocycles. The molecule has 0 unspecified atom stereocenters. The molecular weight excluding hydrogens is 300 g/mol. The van der Waals surface area contributed by atoms with Crippen LogP contribution in [-0.2, 0) is 18.1 Å². The van der Waals surface area contributed by atoms with Crippen molar-refractivity contribution in [3.63, 3.8) is 0 Å². The van der Waals surface area contributed by atoms with Crippen LogP contribution in [-0.4, -0.2) is 41.2 Å². The second-order valence-corrected chi connectivity index (χ2v) is 7.88. The number of aliphatic carboxylic acids is 1. The molecule has 0 aliphatic heterocycles. The average molecular weight is 335 g/mol. The molecule has 0 spiro atoms. The summed E-state index contributed by atoms with van der Waals surface area (Å²) in [4.78, 5) is 10.2. The third kappa shape index (κ3) is 14.3. The Bertz CT molecular complexity index is 259. The molecule has 0 saturated heterocycles.